The topological polar surface area (TPSA) is 25.8 Å². The van der Waals surface area contributed by atoms with Crippen molar-refractivity contribution in [2.75, 3.05) is 0 Å². The van der Waals surface area contributed by atoms with Crippen LogP contribution in [0.15, 0.2) is 12.4 Å². The summed E-state index contributed by atoms with van der Waals surface area (Å²) < 4.78 is 0. The quantitative estimate of drug-likeness (QED) is 0.710. The molecule has 2 heteroatoms. The predicted molar refractivity (Wildman–Crippen MR) is 54.8 cm³/mol. The molecule has 1 rings (SSSR count). The van der Waals surface area contributed by atoms with Crippen molar-refractivity contribution in [2.24, 2.45) is 0 Å². The summed E-state index contributed by atoms with van der Waals surface area (Å²) in [5.74, 6) is 1.93. The highest BCUT2D eigenvalue weighted by Gasteiger charge is 2.05. The van der Waals surface area contributed by atoms with Crippen LogP contribution in [0.4, 0.5) is 0 Å². The van der Waals surface area contributed by atoms with Crippen molar-refractivity contribution in [3.05, 3.63) is 23.8 Å². The molecule has 0 amide bonds. The molecule has 0 aliphatic carbocycles. The highest BCUT2D eigenvalue weighted by atomic mass is 14.9. The van der Waals surface area contributed by atoms with Gasteiger partial charge in [-0.25, -0.2) is 9.97 Å². The maximum absolute atomic E-state index is 4.34. The molecule has 0 saturated heterocycles. The summed E-state index contributed by atoms with van der Waals surface area (Å²) in [5, 5.41) is 0. The Balaban J connectivity index is 2.81. The Bertz CT molecular complexity index is 251. The van der Waals surface area contributed by atoms with E-state index in [2.05, 4.69) is 37.7 Å². The molecular weight excluding hydrogens is 160 g/mol. The van der Waals surface area contributed by atoms with Crippen LogP contribution in [-0.4, -0.2) is 9.97 Å². The second-order valence-corrected chi connectivity index (χ2v) is 3.84. The highest BCUT2D eigenvalue weighted by Crippen LogP contribution is 2.17. The van der Waals surface area contributed by atoms with Crippen molar-refractivity contribution in [3.8, 4) is 0 Å². The van der Waals surface area contributed by atoms with E-state index in [0.717, 1.165) is 12.2 Å². The van der Waals surface area contributed by atoms with Gasteiger partial charge in [-0.1, -0.05) is 27.7 Å². The van der Waals surface area contributed by atoms with Crippen LogP contribution in [0.25, 0.3) is 0 Å². The zero-order chi connectivity index (χ0) is 9.84. The summed E-state index contributed by atoms with van der Waals surface area (Å²) in [6.45, 7) is 8.60. The minimum absolute atomic E-state index is 0.422. The third-order valence-electron chi connectivity index (χ3n) is 2.39. The van der Waals surface area contributed by atoms with E-state index >= 15 is 0 Å². The van der Waals surface area contributed by atoms with Gasteiger partial charge in [0.2, 0.25) is 0 Å². The van der Waals surface area contributed by atoms with Gasteiger partial charge in [-0.3, -0.25) is 0 Å². The molecule has 0 radical (unpaired) electrons. The van der Waals surface area contributed by atoms with Gasteiger partial charge in [-0.2, -0.15) is 0 Å². The lowest BCUT2D eigenvalue weighted by Gasteiger charge is -2.09. The maximum Gasteiger partial charge on any atom is 0.130 e. The maximum atomic E-state index is 4.34. The molecule has 0 bridgehead atoms. The van der Waals surface area contributed by atoms with Crippen molar-refractivity contribution in [1.82, 2.24) is 9.97 Å². The Morgan fingerprint density at radius 2 is 1.69 bits per heavy atom. The largest absolute Gasteiger partial charge is 0.241 e. The van der Waals surface area contributed by atoms with E-state index in [1.165, 1.54) is 5.56 Å². The molecule has 0 saturated carbocycles. The standard InChI is InChI=1S/C11H18N2/c1-5-9(4)10-6-12-11(8(2)3)13-7-10/h6-9H,5H2,1-4H3. The first-order chi connectivity index (χ1) is 6.15. The van der Waals surface area contributed by atoms with Gasteiger partial charge in [0, 0.05) is 18.3 Å². The Labute approximate surface area is 80.4 Å². The van der Waals surface area contributed by atoms with E-state index in [0.29, 0.717) is 11.8 Å². The SMILES string of the molecule is CCC(C)c1cnc(C(C)C)nc1. The van der Waals surface area contributed by atoms with Gasteiger partial charge in [-0.15, -0.1) is 0 Å². The van der Waals surface area contributed by atoms with Crippen molar-refractivity contribution < 1.29 is 0 Å². The first kappa shape index (κ1) is 10.2. The molecule has 0 fully saturated rings. The molecule has 72 valence electrons. The molecule has 0 N–H and O–H groups in total. The fraction of sp³-hybridized carbons (Fsp3) is 0.636. The van der Waals surface area contributed by atoms with Gasteiger partial charge in [0.15, 0.2) is 0 Å². The zero-order valence-corrected chi connectivity index (χ0v) is 8.91. The summed E-state index contributed by atoms with van der Waals surface area (Å²) >= 11 is 0. The second-order valence-electron chi connectivity index (χ2n) is 3.84. The highest BCUT2D eigenvalue weighted by molar-refractivity contribution is 5.11. The molecule has 1 unspecified atom stereocenters. The summed E-state index contributed by atoms with van der Waals surface area (Å²) in [5.41, 5.74) is 1.24. The fourth-order valence-corrected chi connectivity index (χ4v) is 1.14. The molecular formula is C11H18N2. The van der Waals surface area contributed by atoms with Gasteiger partial charge < -0.3 is 0 Å². The molecule has 1 aromatic heterocycles. The van der Waals surface area contributed by atoms with Gasteiger partial charge in [0.25, 0.3) is 0 Å². The van der Waals surface area contributed by atoms with E-state index in [1.807, 2.05) is 12.4 Å². The Kier molecular flexibility index (Phi) is 3.40. The van der Waals surface area contributed by atoms with E-state index in [-0.39, 0.29) is 0 Å². The smallest absolute Gasteiger partial charge is 0.130 e. The van der Waals surface area contributed by atoms with Crippen molar-refractivity contribution in [3.63, 3.8) is 0 Å². The third kappa shape index (κ3) is 2.51. The lowest BCUT2D eigenvalue weighted by molar-refractivity contribution is 0.706. The summed E-state index contributed by atoms with van der Waals surface area (Å²) in [6, 6.07) is 0. The fourth-order valence-electron chi connectivity index (χ4n) is 1.14. The summed E-state index contributed by atoms with van der Waals surface area (Å²) in [7, 11) is 0. The van der Waals surface area contributed by atoms with Crippen LogP contribution in [-0.2, 0) is 0 Å². The zero-order valence-electron chi connectivity index (χ0n) is 8.91. The molecule has 1 heterocycles. The molecule has 1 atom stereocenters. The number of hydrogen-bond donors (Lipinski definition) is 0. The number of nitrogens with zero attached hydrogens (tertiary/aromatic N) is 2. The average Bonchev–Trinajstić information content (AvgIpc) is 2.17. The molecule has 0 aliphatic rings. The Hall–Kier alpha value is -0.920. The lowest BCUT2D eigenvalue weighted by atomic mass is 10.0. The predicted octanol–water partition coefficient (Wildman–Crippen LogP) is 3.11. The minimum atomic E-state index is 0.422. The van der Waals surface area contributed by atoms with Crippen LogP contribution in [0.1, 0.15) is 57.3 Å². The van der Waals surface area contributed by atoms with Gasteiger partial charge in [0.1, 0.15) is 5.82 Å². The second kappa shape index (κ2) is 4.35. The van der Waals surface area contributed by atoms with Crippen LogP contribution in [0, 0.1) is 0 Å². The van der Waals surface area contributed by atoms with E-state index < -0.39 is 0 Å². The summed E-state index contributed by atoms with van der Waals surface area (Å²) in [6.07, 6.45) is 5.05. The van der Waals surface area contributed by atoms with Gasteiger partial charge in [-0.05, 0) is 17.9 Å². The average molecular weight is 178 g/mol. The molecule has 1 aromatic rings. The first-order valence-corrected chi connectivity index (χ1v) is 4.97. The molecule has 0 aliphatic heterocycles. The molecule has 2 nitrogen and oxygen atoms in total. The van der Waals surface area contributed by atoms with Gasteiger partial charge >= 0.3 is 0 Å². The first-order valence-electron chi connectivity index (χ1n) is 4.97. The molecule has 0 aromatic carbocycles. The number of rotatable bonds is 3. The Morgan fingerprint density at radius 3 is 2.08 bits per heavy atom. The normalized spacial score (nSPS) is 13.3. The van der Waals surface area contributed by atoms with Crippen LogP contribution < -0.4 is 0 Å². The lowest BCUT2D eigenvalue weighted by Crippen LogP contribution is -2.00. The summed E-state index contributed by atoms with van der Waals surface area (Å²) in [4.78, 5) is 8.67. The van der Waals surface area contributed by atoms with Crippen molar-refractivity contribution in [2.45, 2.75) is 46.0 Å². The van der Waals surface area contributed by atoms with Crippen molar-refractivity contribution in [1.29, 1.82) is 0 Å². The van der Waals surface area contributed by atoms with Gasteiger partial charge in [0.05, 0.1) is 0 Å². The van der Waals surface area contributed by atoms with E-state index in [9.17, 15) is 0 Å². The van der Waals surface area contributed by atoms with Crippen LogP contribution in [0.2, 0.25) is 0 Å². The van der Waals surface area contributed by atoms with E-state index in [1.54, 1.807) is 0 Å². The van der Waals surface area contributed by atoms with Crippen LogP contribution in [0.3, 0.4) is 0 Å². The Morgan fingerprint density at radius 1 is 1.15 bits per heavy atom. The molecule has 0 spiro atoms. The number of aromatic nitrogens is 2. The monoisotopic (exact) mass is 178 g/mol. The van der Waals surface area contributed by atoms with Crippen molar-refractivity contribution >= 4 is 0 Å². The third-order valence-corrected chi connectivity index (χ3v) is 2.39. The van der Waals surface area contributed by atoms with Crippen LogP contribution >= 0.6 is 0 Å². The van der Waals surface area contributed by atoms with E-state index in [4.69, 9.17) is 0 Å². The minimum Gasteiger partial charge on any atom is -0.241 e. The van der Waals surface area contributed by atoms with Crippen LogP contribution in [0.5, 0.6) is 0 Å². The molecule has 13 heavy (non-hydrogen) atoms. The number of hydrogen-bond acceptors (Lipinski definition) is 2.